The molecule has 0 spiro atoms. The van der Waals surface area contributed by atoms with Gasteiger partial charge in [-0.15, -0.1) is 0 Å². The highest BCUT2D eigenvalue weighted by atomic mass is 19.3. The average molecular weight is 222 g/mol. The molecule has 0 aromatic heterocycles. The SMILES string of the molecule is CC(=O)O[C@@H]1CC(=C(F)F)[C@@H](C)OC1O. The van der Waals surface area contributed by atoms with Crippen molar-refractivity contribution < 1.29 is 28.2 Å². The molecule has 3 atom stereocenters. The molecule has 1 fully saturated rings. The highest BCUT2D eigenvalue weighted by Gasteiger charge is 2.35. The minimum atomic E-state index is -1.86. The first-order valence-corrected chi connectivity index (χ1v) is 4.46. The van der Waals surface area contributed by atoms with E-state index in [1.807, 2.05) is 0 Å². The standard InChI is InChI=1S/C9H12F2O4/c1-4-6(8(10)11)3-7(9(13)14-4)15-5(2)12/h4,7,9,13H,3H2,1-2H3/t4-,7-,9?/m1/s1. The molecule has 0 aromatic carbocycles. The summed E-state index contributed by atoms with van der Waals surface area (Å²) < 4.78 is 34.2. The fourth-order valence-electron chi connectivity index (χ4n) is 1.41. The van der Waals surface area contributed by atoms with E-state index in [1.165, 1.54) is 6.92 Å². The Morgan fingerprint density at radius 3 is 2.67 bits per heavy atom. The molecule has 6 heteroatoms. The first-order valence-electron chi connectivity index (χ1n) is 4.46. The predicted octanol–water partition coefficient (Wildman–Crippen LogP) is 1.20. The van der Waals surface area contributed by atoms with Gasteiger partial charge in [0.25, 0.3) is 6.08 Å². The normalized spacial score (nSPS) is 31.3. The lowest BCUT2D eigenvalue weighted by atomic mass is 10.0. The second kappa shape index (κ2) is 4.67. The Balaban J connectivity index is 2.76. The maximum Gasteiger partial charge on any atom is 0.303 e. The number of rotatable bonds is 1. The Morgan fingerprint density at radius 2 is 2.20 bits per heavy atom. The highest BCUT2D eigenvalue weighted by Crippen LogP contribution is 2.29. The fourth-order valence-corrected chi connectivity index (χ4v) is 1.41. The fraction of sp³-hybridized carbons (Fsp3) is 0.667. The van der Waals surface area contributed by atoms with E-state index in [9.17, 15) is 18.7 Å². The van der Waals surface area contributed by atoms with Crippen molar-refractivity contribution in [1.29, 1.82) is 0 Å². The zero-order valence-corrected chi connectivity index (χ0v) is 8.37. The summed E-state index contributed by atoms with van der Waals surface area (Å²) in [7, 11) is 0. The van der Waals surface area contributed by atoms with E-state index >= 15 is 0 Å². The van der Waals surface area contributed by atoms with Crippen molar-refractivity contribution in [3.8, 4) is 0 Å². The molecule has 4 nitrogen and oxygen atoms in total. The van der Waals surface area contributed by atoms with Gasteiger partial charge in [0.05, 0.1) is 6.10 Å². The summed E-state index contributed by atoms with van der Waals surface area (Å²) in [4.78, 5) is 10.6. The number of hydrogen-bond acceptors (Lipinski definition) is 4. The molecule has 1 unspecified atom stereocenters. The van der Waals surface area contributed by atoms with Gasteiger partial charge in [-0.3, -0.25) is 4.79 Å². The maximum absolute atomic E-state index is 12.4. The smallest absolute Gasteiger partial charge is 0.303 e. The average Bonchev–Trinajstić information content (AvgIpc) is 2.08. The van der Waals surface area contributed by atoms with Crippen molar-refractivity contribution in [2.24, 2.45) is 0 Å². The quantitative estimate of drug-likeness (QED) is 0.677. The van der Waals surface area contributed by atoms with E-state index in [2.05, 4.69) is 4.74 Å². The van der Waals surface area contributed by atoms with Gasteiger partial charge >= 0.3 is 5.97 Å². The molecule has 0 saturated carbocycles. The molecule has 1 rings (SSSR count). The van der Waals surface area contributed by atoms with E-state index in [4.69, 9.17) is 4.74 Å². The van der Waals surface area contributed by atoms with Gasteiger partial charge in [-0.25, -0.2) is 0 Å². The molecule has 0 bridgehead atoms. The van der Waals surface area contributed by atoms with E-state index in [-0.39, 0.29) is 12.0 Å². The lowest BCUT2D eigenvalue weighted by Gasteiger charge is -2.32. The Kier molecular flexibility index (Phi) is 3.76. The van der Waals surface area contributed by atoms with Gasteiger partial charge < -0.3 is 14.6 Å². The number of carbonyl (C=O) groups excluding carboxylic acids is 1. The molecule has 1 N–H and O–H groups in total. The Bertz CT molecular complexity index is 286. The van der Waals surface area contributed by atoms with Crippen molar-refractivity contribution in [3.05, 3.63) is 11.7 Å². The van der Waals surface area contributed by atoms with Gasteiger partial charge in [0.15, 0.2) is 12.4 Å². The summed E-state index contributed by atoms with van der Waals surface area (Å²) in [5.74, 6) is -0.643. The van der Waals surface area contributed by atoms with Crippen LogP contribution in [-0.2, 0) is 14.3 Å². The number of hydrogen-bond donors (Lipinski definition) is 1. The number of aliphatic hydroxyl groups is 1. The van der Waals surface area contributed by atoms with Gasteiger partial charge in [-0.05, 0) is 6.92 Å². The topological polar surface area (TPSA) is 55.8 Å². The Labute approximate surface area is 85.5 Å². The molecule has 0 aromatic rings. The molecule has 0 radical (unpaired) electrons. The number of halogens is 2. The zero-order valence-electron chi connectivity index (χ0n) is 8.37. The van der Waals surface area contributed by atoms with Crippen molar-refractivity contribution in [2.75, 3.05) is 0 Å². The summed E-state index contributed by atoms with van der Waals surface area (Å²) in [6, 6.07) is 0. The Morgan fingerprint density at radius 1 is 1.60 bits per heavy atom. The van der Waals surface area contributed by atoms with Gasteiger partial charge in [-0.1, -0.05) is 0 Å². The van der Waals surface area contributed by atoms with Crippen LogP contribution in [-0.4, -0.2) is 29.6 Å². The van der Waals surface area contributed by atoms with Crippen LogP contribution in [0.25, 0.3) is 0 Å². The summed E-state index contributed by atoms with van der Waals surface area (Å²) in [6.45, 7) is 2.54. The van der Waals surface area contributed by atoms with Crippen molar-refractivity contribution in [2.45, 2.75) is 38.8 Å². The lowest BCUT2D eigenvalue weighted by molar-refractivity contribution is -0.211. The number of aliphatic hydroxyl groups excluding tert-OH is 1. The van der Waals surface area contributed by atoms with Crippen LogP contribution in [0, 0.1) is 0 Å². The van der Waals surface area contributed by atoms with E-state index in [1.54, 1.807) is 0 Å². The largest absolute Gasteiger partial charge is 0.457 e. The summed E-state index contributed by atoms with van der Waals surface area (Å²) in [6.07, 6.45) is -5.34. The Hall–Kier alpha value is -1.01. The van der Waals surface area contributed by atoms with E-state index in [0.717, 1.165) is 6.92 Å². The summed E-state index contributed by atoms with van der Waals surface area (Å²) in [5, 5.41) is 9.32. The van der Waals surface area contributed by atoms with Crippen LogP contribution in [0.2, 0.25) is 0 Å². The van der Waals surface area contributed by atoms with Crippen LogP contribution in [0.1, 0.15) is 20.3 Å². The van der Waals surface area contributed by atoms with Crippen LogP contribution < -0.4 is 0 Å². The molecule has 1 saturated heterocycles. The first-order chi connectivity index (χ1) is 6.91. The molecular formula is C9H12F2O4. The molecular weight excluding hydrogens is 210 g/mol. The van der Waals surface area contributed by atoms with Crippen molar-refractivity contribution in [3.63, 3.8) is 0 Å². The number of carbonyl (C=O) groups is 1. The van der Waals surface area contributed by atoms with Gasteiger partial charge in [0.2, 0.25) is 0 Å². The third-order valence-electron chi connectivity index (χ3n) is 2.13. The zero-order chi connectivity index (χ0) is 11.6. The molecule has 1 heterocycles. The number of ether oxygens (including phenoxy) is 2. The third kappa shape index (κ3) is 2.97. The molecule has 86 valence electrons. The molecule has 0 aliphatic carbocycles. The first kappa shape index (κ1) is 12.1. The maximum atomic E-state index is 12.4. The third-order valence-corrected chi connectivity index (χ3v) is 2.13. The van der Waals surface area contributed by atoms with E-state index < -0.39 is 30.5 Å². The van der Waals surface area contributed by atoms with Crippen LogP contribution >= 0.6 is 0 Å². The van der Waals surface area contributed by atoms with Gasteiger partial charge in [0.1, 0.15) is 0 Å². The minimum Gasteiger partial charge on any atom is -0.457 e. The van der Waals surface area contributed by atoms with Gasteiger partial charge in [-0.2, -0.15) is 8.78 Å². The van der Waals surface area contributed by atoms with Crippen LogP contribution in [0.5, 0.6) is 0 Å². The molecule has 1 aliphatic rings. The van der Waals surface area contributed by atoms with E-state index in [0.29, 0.717) is 0 Å². The second-order valence-corrected chi connectivity index (χ2v) is 3.31. The lowest BCUT2D eigenvalue weighted by Crippen LogP contribution is -2.41. The molecule has 0 amide bonds. The second-order valence-electron chi connectivity index (χ2n) is 3.31. The summed E-state index contributed by atoms with van der Waals surface area (Å²) >= 11 is 0. The predicted molar refractivity (Wildman–Crippen MR) is 46.0 cm³/mol. The van der Waals surface area contributed by atoms with Gasteiger partial charge in [0, 0.05) is 18.9 Å². The van der Waals surface area contributed by atoms with Crippen molar-refractivity contribution in [1.82, 2.24) is 0 Å². The number of esters is 1. The highest BCUT2D eigenvalue weighted by molar-refractivity contribution is 5.66. The molecule has 15 heavy (non-hydrogen) atoms. The van der Waals surface area contributed by atoms with Crippen molar-refractivity contribution >= 4 is 5.97 Å². The minimum absolute atomic E-state index is 0.204. The molecule has 1 aliphatic heterocycles. The van der Waals surface area contributed by atoms with Crippen LogP contribution in [0.15, 0.2) is 11.7 Å². The van der Waals surface area contributed by atoms with Crippen LogP contribution in [0.4, 0.5) is 8.78 Å². The monoisotopic (exact) mass is 222 g/mol. The van der Waals surface area contributed by atoms with Crippen LogP contribution in [0.3, 0.4) is 0 Å². The summed E-state index contributed by atoms with van der Waals surface area (Å²) in [5.41, 5.74) is -0.244.